The van der Waals surface area contributed by atoms with Gasteiger partial charge in [-0.25, -0.2) is 17.6 Å². The fourth-order valence-corrected chi connectivity index (χ4v) is 0.947. The molecule has 1 nitrogen and oxygen atoms in total. The SMILES string of the molecule is [CH2]CC(=O)c1c(F)cc(F)c(F)c1F. The van der Waals surface area contributed by atoms with Crippen LogP contribution in [0, 0.1) is 30.2 Å². The second-order valence-electron chi connectivity index (χ2n) is 2.52. The van der Waals surface area contributed by atoms with Gasteiger partial charge >= 0.3 is 0 Å². The van der Waals surface area contributed by atoms with Crippen molar-refractivity contribution in [1.29, 1.82) is 0 Å². The maximum absolute atomic E-state index is 12.9. The first kappa shape index (κ1) is 10.7. The monoisotopic (exact) mass is 205 g/mol. The third kappa shape index (κ3) is 1.62. The molecule has 1 radical (unpaired) electrons. The highest BCUT2D eigenvalue weighted by Crippen LogP contribution is 2.20. The number of halogens is 4. The summed E-state index contributed by atoms with van der Waals surface area (Å²) in [4.78, 5) is 10.9. The second-order valence-corrected chi connectivity index (χ2v) is 2.52. The summed E-state index contributed by atoms with van der Waals surface area (Å²) in [5.41, 5.74) is -1.08. The average Bonchev–Trinajstić information content (AvgIpc) is 2.14. The van der Waals surface area contributed by atoms with Gasteiger partial charge in [-0.1, -0.05) is 0 Å². The fourth-order valence-electron chi connectivity index (χ4n) is 0.947. The summed E-state index contributed by atoms with van der Waals surface area (Å²) >= 11 is 0. The third-order valence-electron chi connectivity index (χ3n) is 1.62. The molecule has 0 fully saturated rings. The molecule has 0 unspecified atom stereocenters. The highest BCUT2D eigenvalue weighted by molar-refractivity contribution is 5.96. The van der Waals surface area contributed by atoms with Gasteiger partial charge in [-0.2, -0.15) is 0 Å². The Hall–Kier alpha value is -1.39. The number of rotatable bonds is 2. The van der Waals surface area contributed by atoms with Crippen LogP contribution in [0.4, 0.5) is 17.6 Å². The second kappa shape index (κ2) is 3.77. The molecule has 1 rings (SSSR count). The van der Waals surface area contributed by atoms with E-state index in [1.54, 1.807) is 0 Å². The zero-order valence-electron chi connectivity index (χ0n) is 6.91. The smallest absolute Gasteiger partial charge is 0.195 e. The fraction of sp³-hybridized carbons (Fsp3) is 0.111. The molecule has 0 atom stereocenters. The molecule has 0 N–H and O–H groups in total. The van der Waals surface area contributed by atoms with E-state index >= 15 is 0 Å². The normalized spacial score (nSPS) is 10.4. The molecule has 5 heteroatoms. The van der Waals surface area contributed by atoms with Crippen molar-refractivity contribution >= 4 is 5.78 Å². The zero-order chi connectivity index (χ0) is 10.9. The number of hydrogen-bond acceptors (Lipinski definition) is 1. The molecule has 0 heterocycles. The van der Waals surface area contributed by atoms with Crippen molar-refractivity contribution in [3.05, 3.63) is 41.8 Å². The standard InChI is InChI=1S/C9H5F4O/c1-2-6(14)7-4(10)3-5(11)8(12)9(7)13/h3H,1-2H2. The minimum Gasteiger partial charge on any atom is -0.294 e. The van der Waals surface area contributed by atoms with Gasteiger partial charge < -0.3 is 0 Å². The van der Waals surface area contributed by atoms with Crippen LogP contribution in [-0.2, 0) is 0 Å². The highest BCUT2D eigenvalue weighted by Gasteiger charge is 2.22. The minimum absolute atomic E-state index is 0.126. The Kier molecular flexibility index (Phi) is 2.88. The summed E-state index contributed by atoms with van der Waals surface area (Å²) in [6.07, 6.45) is -0.432. The largest absolute Gasteiger partial charge is 0.294 e. The Morgan fingerprint density at radius 2 is 1.71 bits per heavy atom. The van der Waals surface area contributed by atoms with Crippen molar-refractivity contribution in [2.75, 3.05) is 0 Å². The molecule has 0 spiro atoms. The first-order chi connectivity index (χ1) is 6.49. The Balaban J connectivity index is 3.44. The van der Waals surface area contributed by atoms with Crippen LogP contribution >= 0.6 is 0 Å². The van der Waals surface area contributed by atoms with E-state index in [2.05, 4.69) is 6.92 Å². The minimum atomic E-state index is -1.86. The van der Waals surface area contributed by atoms with E-state index in [0.29, 0.717) is 0 Å². The van der Waals surface area contributed by atoms with Gasteiger partial charge in [-0.3, -0.25) is 4.79 Å². The lowest BCUT2D eigenvalue weighted by Crippen LogP contribution is -2.08. The molecular formula is C9H5F4O. The lowest BCUT2D eigenvalue weighted by molar-refractivity contribution is 0.0985. The van der Waals surface area contributed by atoms with E-state index in [1.165, 1.54) is 0 Å². The topological polar surface area (TPSA) is 17.1 Å². The molecule has 0 aliphatic rings. The average molecular weight is 205 g/mol. The van der Waals surface area contributed by atoms with Crippen LogP contribution in [0.2, 0.25) is 0 Å². The highest BCUT2D eigenvalue weighted by atomic mass is 19.2. The molecule has 0 saturated carbocycles. The van der Waals surface area contributed by atoms with Crippen molar-refractivity contribution in [3.8, 4) is 0 Å². The van der Waals surface area contributed by atoms with E-state index in [9.17, 15) is 22.4 Å². The number of ketones is 1. The Bertz CT molecular complexity index is 387. The molecule has 0 bridgehead atoms. The van der Waals surface area contributed by atoms with Gasteiger partial charge in [0.25, 0.3) is 0 Å². The molecule has 14 heavy (non-hydrogen) atoms. The molecule has 0 aliphatic carbocycles. The van der Waals surface area contributed by atoms with Crippen molar-refractivity contribution in [3.63, 3.8) is 0 Å². The van der Waals surface area contributed by atoms with E-state index in [4.69, 9.17) is 0 Å². The van der Waals surface area contributed by atoms with Gasteiger partial charge in [0.15, 0.2) is 23.2 Å². The molecule has 0 amide bonds. The summed E-state index contributed by atoms with van der Waals surface area (Å²) in [6.45, 7) is 3.10. The number of carbonyl (C=O) groups excluding carboxylic acids is 1. The summed E-state index contributed by atoms with van der Waals surface area (Å²) in [7, 11) is 0. The zero-order valence-corrected chi connectivity index (χ0v) is 6.91. The van der Waals surface area contributed by atoms with E-state index < -0.39 is 41.0 Å². The van der Waals surface area contributed by atoms with Crippen molar-refractivity contribution < 1.29 is 22.4 Å². The van der Waals surface area contributed by atoms with Gasteiger partial charge in [-0.15, -0.1) is 0 Å². The summed E-state index contributed by atoms with van der Waals surface area (Å²) in [5, 5.41) is 0. The molecule has 0 aromatic heterocycles. The molecule has 0 saturated heterocycles. The lowest BCUT2D eigenvalue weighted by Gasteiger charge is -2.03. The molecule has 0 aliphatic heterocycles. The third-order valence-corrected chi connectivity index (χ3v) is 1.62. The van der Waals surface area contributed by atoms with Crippen LogP contribution in [0.3, 0.4) is 0 Å². The Morgan fingerprint density at radius 3 is 2.21 bits per heavy atom. The predicted molar refractivity (Wildman–Crippen MR) is 40.6 cm³/mol. The summed E-state index contributed by atoms with van der Waals surface area (Å²) in [6, 6.07) is 0.126. The van der Waals surface area contributed by atoms with Crippen molar-refractivity contribution in [2.45, 2.75) is 6.42 Å². The van der Waals surface area contributed by atoms with Crippen LogP contribution in [0.25, 0.3) is 0 Å². The van der Waals surface area contributed by atoms with Gasteiger partial charge in [-0.05, 0) is 6.92 Å². The number of benzene rings is 1. The van der Waals surface area contributed by atoms with Crippen LogP contribution in [-0.4, -0.2) is 5.78 Å². The number of Topliss-reactive ketones (excluding diaryl/α,β-unsaturated/α-hetero) is 1. The quantitative estimate of drug-likeness (QED) is 0.314. The Morgan fingerprint density at radius 1 is 1.14 bits per heavy atom. The number of carbonyl (C=O) groups is 1. The maximum atomic E-state index is 12.9. The molecule has 1 aromatic carbocycles. The molecular weight excluding hydrogens is 200 g/mol. The number of hydrogen-bond donors (Lipinski definition) is 0. The molecule has 75 valence electrons. The summed E-state index contributed by atoms with van der Waals surface area (Å²) in [5.74, 6) is -7.77. The summed E-state index contributed by atoms with van der Waals surface area (Å²) < 4.78 is 50.7. The van der Waals surface area contributed by atoms with Gasteiger partial charge in [0.05, 0.1) is 5.56 Å². The van der Waals surface area contributed by atoms with Crippen LogP contribution in [0.15, 0.2) is 6.07 Å². The first-order valence-corrected chi connectivity index (χ1v) is 3.64. The van der Waals surface area contributed by atoms with Crippen molar-refractivity contribution in [1.82, 2.24) is 0 Å². The van der Waals surface area contributed by atoms with E-state index in [0.717, 1.165) is 0 Å². The van der Waals surface area contributed by atoms with E-state index in [-0.39, 0.29) is 6.07 Å². The van der Waals surface area contributed by atoms with Crippen LogP contribution < -0.4 is 0 Å². The van der Waals surface area contributed by atoms with Crippen molar-refractivity contribution in [2.24, 2.45) is 0 Å². The van der Waals surface area contributed by atoms with Crippen LogP contribution in [0.5, 0.6) is 0 Å². The predicted octanol–water partition coefficient (Wildman–Crippen LogP) is 2.65. The van der Waals surface area contributed by atoms with Gasteiger partial charge in [0.2, 0.25) is 0 Å². The Labute approximate surface area is 77.3 Å². The lowest BCUT2D eigenvalue weighted by atomic mass is 10.1. The molecule has 1 aromatic rings. The maximum Gasteiger partial charge on any atom is 0.195 e. The van der Waals surface area contributed by atoms with Gasteiger partial charge in [0, 0.05) is 12.5 Å². The van der Waals surface area contributed by atoms with Gasteiger partial charge in [0.1, 0.15) is 5.82 Å². The van der Waals surface area contributed by atoms with E-state index in [1.807, 2.05) is 0 Å². The first-order valence-electron chi connectivity index (χ1n) is 3.64. The van der Waals surface area contributed by atoms with Crippen LogP contribution in [0.1, 0.15) is 16.8 Å².